The van der Waals surface area contributed by atoms with E-state index in [1.807, 2.05) is 32.9 Å². The van der Waals surface area contributed by atoms with Gasteiger partial charge in [0.2, 0.25) is 0 Å². The van der Waals surface area contributed by atoms with E-state index in [1.54, 1.807) is 0 Å². The van der Waals surface area contributed by atoms with Gasteiger partial charge in [-0.05, 0) is 56.2 Å². The Bertz CT molecular complexity index is 542. The molecule has 0 aliphatic heterocycles. The maximum absolute atomic E-state index is 14.0. The summed E-state index contributed by atoms with van der Waals surface area (Å²) in [5.41, 5.74) is 1.46. The average molecular weight is 281 g/mol. The van der Waals surface area contributed by atoms with Gasteiger partial charge in [-0.2, -0.15) is 4.40 Å². The Morgan fingerprint density at radius 2 is 2.00 bits per heavy atom. The first kappa shape index (κ1) is 14.4. The van der Waals surface area contributed by atoms with Crippen LogP contribution in [-0.2, 0) is 16.4 Å². The lowest BCUT2D eigenvalue weighted by Gasteiger charge is -2.13. The van der Waals surface area contributed by atoms with E-state index in [-0.39, 0.29) is 11.2 Å². The van der Waals surface area contributed by atoms with E-state index >= 15 is 0 Å². The van der Waals surface area contributed by atoms with Gasteiger partial charge >= 0.3 is 0 Å². The van der Waals surface area contributed by atoms with E-state index in [1.165, 1.54) is 12.3 Å². The van der Waals surface area contributed by atoms with Crippen LogP contribution >= 0.6 is 0 Å². The number of hydrogen-bond acceptors (Lipinski definition) is 1. The molecule has 0 aromatic heterocycles. The Labute approximate surface area is 116 Å². The Hall–Kier alpha value is -1.03. The number of benzene rings is 1. The van der Waals surface area contributed by atoms with Gasteiger partial charge in [-0.1, -0.05) is 19.1 Å². The number of nitrogens with zero attached hydrogens (tertiary/aromatic N) is 1. The fraction of sp³-hybridized carbons (Fsp3) is 0.533. The van der Waals surface area contributed by atoms with Crippen LogP contribution in [0.3, 0.4) is 0 Å². The summed E-state index contributed by atoms with van der Waals surface area (Å²) in [4.78, 5) is 0. The van der Waals surface area contributed by atoms with E-state index in [4.69, 9.17) is 0 Å². The Morgan fingerprint density at radius 3 is 2.47 bits per heavy atom. The Balaban J connectivity index is 2.17. The molecule has 0 spiro atoms. The van der Waals surface area contributed by atoms with Gasteiger partial charge in [0.1, 0.15) is 16.8 Å². The van der Waals surface area contributed by atoms with Crippen LogP contribution in [-0.4, -0.2) is 15.2 Å². The minimum absolute atomic E-state index is 0.0218. The zero-order chi connectivity index (χ0) is 14.3. The predicted molar refractivity (Wildman–Crippen MR) is 78.5 cm³/mol. The highest BCUT2D eigenvalue weighted by atomic mass is 32.2. The predicted octanol–water partition coefficient (Wildman–Crippen LogP) is 3.76. The van der Waals surface area contributed by atoms with Crippen LogP contribution in [0.15, 0.2) is 22.6 Å². The van der Waals surface area contributed by atoms with Gasteiger partial charge in [0.05, 0.1) is 4.75 Å². The molecule has 2 nitrogen and oxygen atoms in total. The van der Waals surface area contributed by atoms with Crippen LogP contribution < -0.4 is 0 Å². The third-order valence-electron chi connectivity index (χ3n) is 3.46. The molecule has 19 heavy (non-hydrogen) atoms. The lowest BCUT2D eigenvalue weighted by atomic mass is 9.97. The van der Waals surface area contributed by atoms with Crippen molar-refractivity contribution in [1.29, 1.82) is 0 Å². The van der Waals surface area contributed by atoms with E-state index in [0.717, 1.165) is 18.4 Å². The molecule has 4 heteroatoms. The molecule has 0 saturated heterocycles. The topological polar surface area (TPSA) is 29.4 Å². The molecule has 104 valence electrons. The molecule has 1 fully saturated rings. The van der Waals surface area contributed by atoms with Gasteiger partial charge in [0.25, 0.3) is 0 Å². The lowest BCUT2D eigenvalue weighted by molar-refractivity contribution is 0.586. The zero-order valence-corrected chi connectivity index (χ0v) is 12.7. The summed E-state index contributed by atoms with van der Waals surface area (Å²) >= 11 is 0. The molecule has 1 aliphatic carbocycles. The molecule has 0 heterocycles. The normalized spacial score (nSPS) is 19.6. The van der Waals surface area contributed by atoms with Crippen molar-refractivity contribution in [3.63, 3.8) is 0 Å². The first-order valence-corrected chi connectivity index (χ1v) is 7.59. The molecule has 0 amide bonds. The lowest BCUT2D eigenvalue weighted by Crippen LogP contribution is -2.19. The van der Waals surface area contributed by atoms with Gasteiger partial charge in [-0.25, -0.2) is 8.60 Å². The van der Waals surface area contributed by atoms with E-state index in [2.05, 4.69) is 11.3 Å². The first-order chi connectivity index (χ1) is 8.72. The monoisotopic (exact) mass is 281 g/mol. The summed E-state index contributed by atoms with van der Waals surface area (Å²) in [6.45, 7) is 7.65. The fourth-order valence-electron chi connectivity index (χ4n) is 1.82. The molecular weight excluding hydrogens is 261 g/mol. The average Bonchev–Trinajstić information content (AvgIpc) is 3.03. The molecule has 0 bridgehead atoms. The molecule has 1 saturated carbocycles. The molecule has 0 unspecified atom stereocenters. The molecule has 2 rings (SSSR count). The van der Waals surface area contributed by atoms with Crippen molar-refractivity contribution in [2.24, 2.45) is 4.40 Å². The molecule has 1 aliphatic rings. The van der Waals surface area contributed by atoms with Gasteiger partial charge in [-0.15, -0.1) is 0 Å². The summed E-state index contributed by atoms with van der Waals surface area (Å²) in [5, 5.41) is 0. The van der Waals surface area contributed by atoms with E-state index in [9.17, 15) is 8.60 Å². The Kier molecular flexibility index (Phi) is 3.65. The second kappa shape index (κ2) is 4.82. The molecule has 0 radical (unpaired) electrons. The fourth-order valence-corrected chi connectivity index (χ4v) is 2.36. The quantitative estimate of drug-likeness (QED) is 0.776. The largest absolute Gasteiger partial charge is 0.234 e. The van der Waals surface area contributed by atoms with Crippen molar-refractivity contribution in [2.75, 3.05) is 0 Å². The van der Waals surface area contributed by atoms with Crippen LogP contribution in [0.1, 0.15) is 51.7 Å². The first-order valence-electron chi connectivity index (χ1n) is 6.48. The number of hydrogen-bond donors (Lipinski definition) is 0. The third-order valence-corrected chi connectivity index (χ3v) is 4.81. The van der Waals surface area contributed by atoms with Crippen molar-refractivity contribution >= 4 is 17.2 Å². The minimum atomic E-state index is -1.31. The van der Waals surface area contributed by atoms with Crippen molar-refractivity contribution in [1.82, 2.24) is 0 Å². The van der Waals surface area contributed by atoms with Gasteiger partial charge in [-0.3, -0.25) is 0 Å². The summed E-state index contributed by atoms with van der Waals surface area (Å²) in [6, 6.07) is 5.14. The number of halogens is 1. The van der Waals surface area contributed by atoms with Crippen LogP contribution in [0.25, 0.3) is 0 Å². The van der Waals surface area contributed by atoms with Gasteiger partial charge in [0.15, 0.2) is 0 Å². The van der Waals surface area contributed by atoms with Crippen molar-refractivity contribution in [2.45, 2.75) is 50.7 Å². The second-order valence-corrected chi connectivity index (χ2v) is 8.33. The summed E-state index contributed by atoms with van der Waals surface area (Å²) in [6.07, 6.45) is 3.58. The maximum atomic E-state index is 14.0. The van der Waals surface area contributed by atoms with E-state index < -0.39 is 15.7 Å². The van der Waals surface area contributed by atoms with Gasteiger partial charge in [0, 0.05) is 6.21 Å². The molecule has 0 N–H and O–H groups in total. The van der Waals surface area contributed by atoms with Crippen LogP contribution in [0, 0.1) is 5.82 Å². The summed E-state index contributed by atoms with van der Waals surface area (Å²) in [5.74, 6) is -0.189. The molecule has 1 aromatic carbocycles. The van der Waals surface area contributed by atoms with Crippen molar-refractivity contribution < 1.29 is 8.60 Å². The van der Waals surface area contributed by atoms with Gasteiger partial charge < -0.3 is 0 Å². The highest BCUT2D eigenvalue weighted by Gasteiger charge is 2.40. The van der Waals surface area contributed by atoms with Crippen LogP contribution in [0.4, 0.5) is 4.39 Å². The van der Waals surface area contributed by atoms with Crippen molar-refractivity contribution in [3.8, 4) is 0 Å². The minimum Gasteiger partial charge on any atom is -0.234 e. The molecule has 1 aromatic rings. The second-order valence-electron chi connectivity index (χ2n) is 6.40. The highest BCUT2D eigenvalue weighted by Crippen LogP contribution is 2.48. The standard InChI is InChI=1S/C15H20FNOS/c1-14(2,3)19(18)17-10-11-5-6-12(13(16)9-11)15(4)7-8-15/h5-6,9-10H,7-8H2,1-4H3/b17-10+/t19-/m1/s1. The molecule has 1 atom stereocenters. The summed E-state index contributed by atoms with van der Waals surface area (Å²) in [7, 11) is -1.31. The maximum Gasteiger partial charge on any atom is 0.144 e. The smallest absolute Gasteiger partial charge is 0.144 e. The van der Waals surface area contributed by atoms with E-state index in [0.29, 0.717) is 5.56 Å². The SMILES string of the molecule is CC1(c2ccc(/C=N/[S@](=O)C(C)(C)C)cc2F)CC1. The van der Waals surface area contributed by atoms with Crippen LogP contribution in [0.2, 0.25) is 0 Å². The third kappa shape index (κ3) is 3.30. The Morgan fingerprint density at radius 1 is 1.37 bits per heavy atom. The van der Waals surface area contributed by atoms with Crippen LogP contribution in [0.5, 0.6) is 0 Å². The number of rotatable bonds is 3. The molecular formula is C15H20FNOS. The zero-order valence-electron chi connectivity index (χ0n) is 11.9. The van der Waals surface area contributed by atoms with Crippen molar-refractivity contribution in [3.05, 3.63) is 35.1 Å². The summed E-state index contributed by atoms with van der Waals surface area (Å²) < 4.78 is 29.4. The highest BCUT2D eigenvalue weighted by molar-refractivity contribution is 7.85.